The average molecular weight is 718 g/mol. The van der Waals surface area contributed by atoms with Crippen LogP contribution in [-0.4, -0.2) is 15.0 Å². The van der Waals surface area contributed by atoms with Crippen molar-refractivity contribution in [1.82, 2.24) is 15.0 Å². The number of benzene rings is 4. The molecule has 0 atom stereocenters. The maximum atomic E-state index is 6.16. The predicted molar refractivity (Wildman–Crippen MR) is 165 cm³/mol. The van der Waals surface area contributed by atoms with E-state index in [1.54, 1.807) is 6.20 Å². The molecular formula is C37H23IrN3O-2. The third-order valence-corrected chi connectivity index (χ3v) is 6.98. The molecule has 203 valence electrons. The molecule has 4 aromatic heterocycles. The molecule has 0 amide bonds. The number of para-hydroxylation sites is 1. The molecule has 0 unspecified atom stereocenters. The smallest absolute Gasteiger partial charge is 0.120 e. The summed E-state index contributed by atoms with van der Waals surface area (Å²) in [6, 6.07) is 44.8. The van der Waals surface area contributed by atoms with E-state index in [1.807, 2.05) is 104 Å². The standard InChI is InChI=1S/C26H15N2O.C11H8N.Ir/c1-2-7-25-21(4-1)22-5-3-6-23(26(22)29-25)24-15-19(11-13-28-24)17-8-9-20-16-27-12-10-18(20)14-17;1-2-6-10(7-3-1)11-8-4-5-9-12-11;/h1-5,7-16H;1-6,8-9H;/q2*-1;. The van der Waals surface area contributed by atoms with Crippen LogP contribution in [0.5, 0.6) is 0 Å². The van der Waals surface area contributed by atoms with Crippen molar-refractivity contribution in [3.8, 4) is 33.6 Å². The van der Waals surface area contributed by atoms with E-state index in [0.717, 1.165) is 61.0 Å². The molecule has 0 spiro atoms. The summed E-state index contributed by atoms with van der Waals surface area (Å²) in [7, 11) is 0. The van der Waals surface area contributed by atoms with Crippen molar-refractivity contribution < 1.29 is 24.5 Å². The molecule has 5 heteroatoms. The molecule has 4 aromatic carbocycles. The number of hydrogen-bond acceptors (Lipinski definition) is 4. The number of fused-ring (bicyclic) bond motifs is 4. The Morgan fingerprint density at radius 2 is 1.43 bits per heavy atom. The van der Waals surface area contributed by atoms with Crippen LogP contribution in [0.2, 0.25) is 0 Å². The molecule has 0 aliphatic rings. The molecule has 8 aromatic rings. The van der Waals surface area contributed by atoms with Gasteiger partial charge in [-0.1, -0.05) is 59.5 Å². The summed E-state index contributed by atoms with van der Waals surface area (Å²) in [4.78, 5) is 13.0. The zero-order valence-corrected chi connectivity index (χ0v) is 24.8. The van der Waals surface area contributed by atoms with Gasteiger partial charge in [0.1, 0.15) is 5.58 Å². The first-order valence-electron chi connectivity index (χ1n) is 13.3. The Bertz CT molecular complexity index is 2070. The van der Waals surface area contributed by atoms with Crippen molar-refractivity contribution >= 4 is 32.7 Å². The molecule has 0 aliphatic carbocycles. The third-order valence-electron chi connectivity index (χ3n) is 6.98. The zero-order chi connectivity index (χ0) is 27.4. The molecule has 0 saturated carbocycles. The van der Waals surface area contributed by atoms with Gasteiger partial charge in [-0.05, 0) is 58.2 Å². The minimum absolute atomic E-state index is 0. The van der Waals surface area contributed by atoms with Crippen molar-refractivity contribution in [2.75, 3.05) is 0 Å². The number of pyridine rings is 3. The van der Waals surface area contributed by atoms with Gasteiger partial charge in [0.2, 0.25) is 0 Å². The van der Waals surface area contributed by atoms with E-state index < -0.39 is 0 Å². The van der Waals surface area contributed by atoms with Crippen molar-refractivity contribution in [2.45, 2.75) is 0 Å². The molecule has 4 heterocycles. The summed E-state index contributed by atoms with van der Waals surface area (Å²) >= 11 is 0. The topological polar surface area (TPSA) is 51.8 Å². The molecule has 0 bridgehead atoms. The summed E-state index contributed by atoms with van der Waals surface area (Å²) in [5.41, 5.74) is 7.69. The summed E-state index contributed by atoms with van der Waals surface area (Å²) in [6.07, 6.45) is 7.34. The summed E-state index contributed by atoms with van der Waals surface area (Å²) in [5.74, 6) is 0. The maximum absolute atomic E-state index is 6.16. The molecule has 0 fully saturated rings. The van der Waals surface area contributed by atoms with Gasteiger partial charge in [-0.2, -0.15) is 0 Å². The SMILES string of the molecule is [Ir].[c-]1ccc2c(oc3ccccc32)c1-c1cc(-c2ccc3cnccc3c2)ccn1.[c-]1ccccc1-c1ccccn1. The van der Waals surface area contributed by atoms with E-state index in [0.29, 0.717) is 0 Å². The number of hydrogen-bond donors (Lipinski definition) is 0. The first kappa shape index (κ1) is 27.2. The van der Waals surface area contributed by atoms with Crippen LogP contribution < -0.4 is 0 Å². The second-order valence-corrected chi connectivity index (χ2v) is 9.55. The van der Waals surface area contributed by atoms with Crippen molar-refractivity contribution in [2.24, 2.45) is 0 Å². The maximum Gasteiger partial charge on any atom is 0.120 e. The molecule has 1 radical (unpaired) electrons. The first-order chi connectivity index (χ1) is 20.3. The monoisotopic (exact) mass is 718 g/mol. The van der Waals surface area contributed by atoms with Crippen LogP contribution >= 0.6 is 0 Å². The van der Waals surface area contributed by atoms with Crippen LogP contribution in [0.15, 0.2) is 144 Å². The van der Waals surface area contributed by atoms with Gasteiger partial charge >= 0.3 is 0 Å². The minimum atomic E-state index is 0. The Morgan fingerprint density at radius 3 is 2.31 bits per heavy atom. The molecule has 0 aliphatic heterocycles. The molecule has 42 heavy (non-hydrogen) atoms. The average Bonchev–Trinajstić information content (AvgIpc) is 3.45. The predicted octanol–water partition coefficient (Wildman–Crippen LogP) is 9.21. The number of rotatable bonds is 3. The first-order valence-corrected chi connectivity index (χ1v) is 13.3. The Morgan fingerprint density at radius 1 is 0.571 bits per heavy atom. The van der Waals surface area contributed by atoms with E-state index in [1.165, 1.54) is 5.39 Å². The summed E-state index contributed by atoms with van der Waals surface area (Å²) in [5, 5.41) is 4.49. The van der Waals surface area contributed by atoms with E-state index in [-0.39, 0.29) is 20.1 Å². The quantitative estimate of drug-likeness (QED) is 0.171. The summed E-state index contributed by atoms with van der Waals surface area (Å²) in [6.45, 7) is 0. The van der Waals surface area contributed by atoms with E-state index in [9.17, 15) is 0 Å². The zero-order valence-electron chi connectivity index (χ0n) is 22.4. The van der Waals surface area contributed by atoms with Gasteiger partial charge in [-0.3, -0.25) is 4.98 Å². The number of nitrogens with zero attached hydrogens (tertiary/aromatic N) is 3. The van der Waals surface area contributed by atoms with Crippen LogP contribution in [0.25, 0.3) is 66.4 Å². The Balaban J connectivity index is 0.000000205. The van der Waals surface area contributed by atoms with Gasteiger partial charge in [0.25, 0.3) is 0 Å². The van der Waals surface area contributed by atoms with Crippen LogP contribution in [-0.2, 0) is 20.1 Å². The van der Waals surface area contributed by atoms with Crippen LogP contribution in [0, 0.1) is 12.1 Å². The fraction of sp³-hybridized carbons (Fsp3) is 0. The van der Waals surface area contributed by atoms with Crippen molar-refractivity contribution in [1.29, 1.82) is 0 Å². The van der Waals surface area contributed by atoms with Crippen LogP contribution in [0.4, 0.5) is 0 Å². The second kappa shape index (κ2) is 12.3. The van der Waals surface area contributed by atoms with Gasteiger partial charge in [0.15, 0.2) is 0 Å². The largest absolute Gasteiger partial charge is 0.501 e. The Kier molecular flexibility index (Phi) is 7.96. The molecule has 8 rings (SSSR count). The number of furan rings is 1. The molecular weight excluding hydrogens is 695 g/mol. The molecule has 0 N–H and O–H groups in total. The summed E-state index contributed by atoms with van der Waals surface area (Å²) < 4.78 is 6.16. The van der Waals surface area contributed by atoms with Gasteiger partial charge in [0.05, 0.1) is 5.58 Å². The van der Waals surface area contributed by atoms with Gasteiger partial charge in [-0.25, -0.2) is 0 Å². The van der Waals surface area contributed by atoms with E-state index in [2.05, 4.69) is 57.4 Å². The fourth-order valence-electron chi connectivity index (χ4n) is 4.97. The fourth-order valence-corrected chi connectivity index (χ4v) is 4.97. The molecule has 4 nitrogen and oxygen atoms in total. The van der Waals surface area contributed by atoms with E-state index >= 15 is 0 Å². The normalized spacial score (nSPS) is 10.7. The van der Waals surface area contributed by atoms with Crippen molar-refractivity contribution in [3.05, 3.63) is 152 Å². The van der Waals surface area contributed by atoms with Gasteiger partial charge < -0.3 is 14.4 Å². The minimum Gasteiger partial charge on any atom is -0.501 e. The molecule has 0 saturated heterocycles. The van der Waals surface area contributed by atoms with E-state index in [4.69, 9.17) is 4.42 Å². The van der Waals surface area contributed by atoms with Gasteiger partial charge in [0, 0.05) is 55.7 Å². The number of aromatic nitrogens is 3. The van der Waals surface area contributed by atoms with Crippen LogP contribution in [0.1, 0.15) is 0 Å². The Labute approximate surface area is 257 Å². The second-order valence-electron chi connectivity index (χ2n) is 9.55. The Hall–Kier alpha value is -4.96. The van der Waals surface area contributed by atoms with Crippen LogP contribution in [0.3, 0.4) is 0 Å². The van der Waals surface area contributed by atoms with Gasteiger partial charge in [-0.15, -0.1) is 54.1 Å². The van der Waals surface area contributed by atoms with Crippen molar-refractivity contribution in [3.63, 3.8) is 0 Å². The third kappa shape index (κ3) is 5.48.